The maximum absolute atomic E-state index is 11.5. The molecule has 0 bridgehead atoms. The van der Waals surface area contributed by atoms with E-state index >= 15 is 0 Å². The van der Waals surface area contributed by atoms with Gasteiger partial charge in [0.25, 0.3) is 0 Å². The first kappa shape index (κ1) is 15.2. The molecule has 0 aliphatic heterocycles. The van der Waals surface area contributed by atoms with Gasteiger partial charge in [-0.05, 0) is 23.6 Å². The van der Waals surface area contributed by atoms with E-state index in [0.717, 1.165) is 5.56 Å². The smallest absolute Gasteiger partial charge is 0.347 e. The lowest BCUT2D eigenvalue weighted by molar-refractivity contribution is 0.0799. The van der Waals surface area contributed by atoms with Gasteiger partial charge in [0, 0.05) is 7.11 Å². The predicted octanol–water partition coefficient (Wildman–Crippen LogP) is 3.34. The van der Waals surface area contributed by atoms with E-state index in [2.05, 4.69) is 16.9 Å². The standard InChI is InChI=1S/C13H17IO4/c1-9(2)11-5-4-10(13(15)18-14)8-12(11)17-7-6-16-3/h4-5,8-9H,6-7H2,1-3H3. The van der Waals surface area contributed by atoms with Gasteiger partial charge in [-0.3, -0.25) is 0 Å². The topological polar surface area (TPSA) is 44.8 Å². The van der Waals surface area contributed by atoms with Crippen molar-refractivity contribution in [2.45, 2.75) is 19.8 Å². The summed E-state index contributed by atoms with van der Waals surface area (Å²) in [6, 6.07) is 5.36. The van der Waals surface area contributed by atoms with E-state index < -0.39 is 0 Å². The number of carbonyl (C=O) groups is 1. The summed E-state index contributed by atoms with van der Waals surface area (Å²) in [4.78, 5) is 11.5. The SMILES string of the molecule is COCCOc1cc(C(=O)OI)ccc1C(C)C. The summed E-state index contributed by atoms with van der Waals surface area (Å²) >= 11 is 1.58. The molecule has 0 aliphatic carbocycles. The van der Waals surface area contributed by atoms with Crippen molar-refractivity contribution in [1.82, 2.24) is 0 Å². The molecule has 0 saturated carbocycles. The number of benzene rings is 1. The van der Waals surface area contributed by atoms with Crippen molar-refractivity contribution in [3.8, 4) is 5.75 Å². The highest BCUT2D eigenvalue weighted by molar-refractivity contribution is 14.1. The zero-order valence-corrected chi connectivity index (χ0v) is 12.9. The number of hydrogen-bond donors (Lipinski definition) is 0. The first-order valence-corrected chi connectivity index (χ1v) is 6.56. The Labute approximate surface area is 121 Å². The number of methoxy groups -OCH3 is 1. The van der Waals surface area contributed by atoms with Crippen molar-refractivity contribution in [2.24, 2.45) is 0 Å². The average Bonchev–Trinajstić information content (AvgIpc) is 2.37. The summed E-state index contributed by atoms with van der Waals surface area (Å²) in [5.41, 5.74) is 1.55. The van der Waals surface area contributed by atoms with Gasteiger partial charge < -0.3 is 12.5 Å². The average molecular weight is 364 g/mol. The van der Waals surface area contributed by atoms with Crippen LogP contribution in [0, 0.1) is 0 Å². The molecule has 0 aliphatic rings. The van der Waals surface area contributed by atoms with Crippen LogP contribution in [0.1, 0.15) is 35.7 Å². The van der Waals surface area contributed by atoms with Crippen LogP contribution in [0.4, 0.5) is 0 Å². The van der Waals surface area contributed by atoms with E-state index in [1.807, 2.05) is 6.07 Å². The van der Waals surface area contributed by atoms with Gasteiger partial charge in [-0.15, -0.1) is 0 Å². The lowest BCUT2D eigenvalue weighted by Crippen LogP contribution is -2.08. The Morgan fingerprint density at radius 1 is 1.33 bits per heavy atom. The second kappa shape index (κ2) is 7.58. The number of hydrogen-bond acceptors (Lipinski definition) is 4. The van der Waals surface area contributed by atoms with Gasteiger partial charge in [-0.2, -0.15) is 0 Å². The van der Waals surface area contributed by atoms with Crippen molar-refractivity contribution in [3.63, 3.8) is 0 Å². The highest BCUT2D eigenvalue weighted by atomic mass is 127. The van der Waals surface area contributed by atoms with Crippen LogP contribution >= 0.6 is 23.0 Å². The Morgan fingerprint density at radius 2 is 2.06 bits per heavy atom. The third kappa shape index (κ3) is 4.13. The fourth-order valence-corrected chi connectivity index (χ4v) is 1.80. The van der Waals surface area contributed by atoms with E-state index in [1.54, 1.807) is 42.2 Å². The van der Waals surface area contributed by atoms with Crippen molar-refractivity contribution < 1.29 is 17.3 Å². The van der Waals surface area contributed by atoms with E-state index in [1.165, 1.54) is 0 Å². The Morgan fingerprint density at radius 3 is 2.61 bits per heavy atom. The molecule has 0 fully saturated rings. The van der Waals surface area contributed by atoms with E-state index in [9.17, 15) is 4.79 Å². The molecule has 1 aromatic carbocycles. The molecule has 0 heterocycles. The van der Waals surface area contributed by atoms with E-state index in [-0.39, 0.29) is 5.97 Å². The summed E-state index contributed by atoms with van der Waals surface area (Å²) in [6.45, 7) is 5.13. The summed E-state index contributed by atoms with van der Waals surface area (Å²) in [5.74, 6) is 0.663. The molecule has 0 spiro atoms. The van der Waals surface area contributed by atoms with Gasteiger partial charge in [0.2, 0.25) is 0 Å². The Bertz CT molecular complexity index is 404. The van der Waals surface area contributed by atoms with Crippen LogP contribution in [-0.2, 0) is 7.80 Å². The molecule has 0 aromatic heterocycles. The van der Waals surface area contributed by atoms with Gasteiger partial charge in [0.05, 0.1) is 12.2 Å². The van der Waals surface area contributed by atoms with E-state index in [4.69, 9.17) is 9.47 Å². The molecule has 0 N–H and O–H groups in total. The monoisotopic (exact) mass is 364 g/mol. The maximum Gasteiger partial charge on any atom is 0.347 e. The molecule has 0 saturated heterocycles. The highest BCUT2D eigenvalue weighted by Crippen LogP contribution is 2.28. The molecule has 0 radical (unpaired) electrons. The molecule has 0 atom stereocenters. The number of carbonyl (C=O) groups excluding carboxylic acids is 1. The van der Waals surface area contributed by atoms with Gasteiger partial charge >= 0.3 is 5.97 Å². The van der Waals surface area contributed by atoms with Crippen LogP contribution < -0.4 is 4.74 Å². The van der Waals surface area contributed by atoms with E-state index in [0.29, 0.717) is 30.4 Å². The third-order valence-electron chi connectivity index (χ3n) is 2.49. The second-order valence-electron chi connectivity index (χ2n) is 4.11. The summed E-state index contributed by atoms with van der Waals surface area (Å²) < 4.78 is 15.3. The van der Waals surface area contributed by atoms with Crippen LogP contribution in [-0.4, -0.2) is 26.3 Å². The summed E-state index contributed by atoms with van der Waals surface area (Å²) in [6.07, 6.45) is 0. The zero-order valence-electron chi connectivity index (χ0n) is 10.7. The molecule has 18 heavy (non-hydrogen) atoms. The van der Waals surface area contributed by atoms with Gasteiger partial charge in [0.1, 0.15) is 12.4 Å². The quantitative estimate of drug-likeness (QED) is 0.574. The van der Waals surface area contributed by atoms with Crippen molar-refractivity contribution in [3.05, 3.63) is 29.3 Å². The minimum Gasteiger partial charge on any atom is -0.491 e. The minimum absolute atomic E-state index is 0.326. The molecule has 0 unspecified atom stereocenters. The Kier molecular flexibility index (Phi) is 6.42. The summed E-state index contributed by atoms with van der Waals surface area (Å²) in [7, 11) is 1.62. The molecule has 5 heteroatoms. The fourth-order valence-electron chi connectivity index (χ4n) is 1.54. The van der Waals surface area contributed by atoms with Crippen molar-refractivity contribution in [1.29, 1.82) is 0 Å². The number of halogens is 1. The lowest BCUT2D eigenvalue weighted by atomic mass is 10.0. The van der Waals surface area contributed by atoms with Crippen LogP contribution in [0.5, 0.6) is 5.75 Å². The molecule has 1 aromatic rings. The highest BCUT2D eigenvalue weighted by Gasteiger charge is 2.13. The second-order valence-corrected chi connectivity index (χ2v) is 4.55. The fraction of sp³-hybridized carbons (Fsp3) is 0.462. The maximum atomic E-state index is 11.5. The molecular formula is C13H17IO4. The van der Waals surface area contributed by atoms with Crippen LogP contribution in [0.3, 0.4) is 0 Å². The Balaban J connectivity index is 2.96. The lowest BCUT2D eigenvalue weighted by Gasteiger charge is -2.14. The van der Waals surface area contributed by atoms with Gasteiger partial charge in [0.15, 0.2) is 23.0 Å². The first-order valence-electron chi connectivity index (χ1n) is 5.68. The van der Waals surface area contributed by atoms with Crippen molar-refractivity contribution >= 4 is 29.0 Å². The number of ether oxygens (including phenoxy) is 2. The van der Waals surface area contributed by atoms with Crippen LogP contribution in [0.25, 0.3) is 0 Å². The molecule has 1 rings (SSSR count). The number of rotatable bonds is 6. The molecule has 100 valence electrons. The Hall–Kier alpha value is -0.820. The van der Waals surface area contributed by atoms with Crippen LogP contribution in [0.2, 0.25) is 0 Å². The first-order chi connectivity index (χ1) is 8.60. The van der Waals surface area contributed by atoms with Gasteiger partial charge in [-0.25, -0.2) is 4.79 Å². The minimum atomic E-state index is -0.373. The molecule has 0 amide bonds. The largest absolute Gasteiger partial charge is 0.491 e. The van der Waals surface area contributed by atoms with Gasteiger partial charge in [-0.1, -0.05) is 19.9 Å². The van der Waals surface area contributed by atoms with Crippen molar-refractivity contribution in [2.75, 3.05) is 20.3 Å². The zero-order chi connectivity index (χ0) is 13.5. The summed E-state index contributed by atoms with van der Waals surface area (Å²) in [5, 5.41) is 0. The normalized spacial score (nSPS) is 10.5. The van der Waals surface area contributed by atoms with Crippen LogP contribution in [0.15, 0.2) is 18.2 Å². The molecular weight excluding hydrogens is 347 g/mol. The third-order valence-corrected chi connectivity index (χ3v) is 2.89. The molecule has 4 nitrogen and oxygen atoms in total. The predicted molar refractivity (Wildman–Crippen MR) is 77.3 cm³/mol.